The quantitative estimate of drug-likeness (QED) is 0.292. The van der Waals surface area contributed by atoms with Crippen LogP contribution in [0.4, 0.5) is 0 Å². The Morgan fingerprint density at radius 1 is 1.18 bits per heavy atom. The molecule has 1 aliphatic rings. The molecule has 3 aromatic rings. The molecule has 0 radical (unpaired) electrons. The lowest BCUT2D eigenvalue weighted by atomic mass is 9.96. The molecule has 0 bridgehead atoms. The second kappa shape index (κ2) is 11.7. The van der Waals surface area contributed by atoms with Crippen LogP contribution in [0.2, 0.25) is 0 Å². The number of aromatic nitrogens is 1. The van der Waals surface area contributed by atoms with Gasteiger partial charge in [0.2, 0.25) is 0 Å². The molecule has 10 heteroatoms. The van der Waals surface area contributed by atoms with E-state index in [1.165, 1.54) is 23.0 Å². The van der Waals surface area contributed by atoms with E-state index in [1.807, 2.05) is 12.1 Å². The monoisotopic (exact) mass is 596 g/mol. The summed E-state index contributed by atoms with van der Waals surface area (Å²) in [4.78, 5) is 31.9. The zero-order chi connectivity index (χ0) is 27.4. The molecule has 1 atom stereocenters. The number of hydrogen-bond donors (Lipinski definition) is 0. The molecule has 2 heterocycles. The number of nitrogens with zero attached hydrogens (tertiary/aromatic N) is 2. The van der Waals surface area contributed by atoms with Crippen LogP contribution in [0.25, 0.3) is 6.08 Å². The predicted molar refractivity (Wildman–Crippen MR) is 148 cm³/mol. The highest BCUT2D eigenvalue weighted by Gasteiger charge is 2.33. The minimum Gasteiger partial charge on any atom is -0.496 e. The van der Waals surface area contributed by atoms with E-state index in [2.05, 4.69) is 26.8 Å². The summed E-state index contributed by atoms with van der Waals surface area (Å²) in [6.07, 6.45) is 7.04. The highest BCUT2D eigenvalue weighted by Crippen LogP contribution is 2.35. The average Bonchev–Trinajstić information content (AvgIpc) is 3.20. The molecule has 38 heavy (non-hydrogen) atoms. The van der Waals surface area contributed by atoms with Gasteiger partial charge in [-0.05, 0) is 71.2 Å². The standard InChI is InChI=1S/C28H25BrN2O6S/c1-6-12-37-21-10-8-17(13-22(21)35-5)14-23-26(32)31-25(18-9-11-20(34-4)19(29)15-18)24(27(33)36-7-2)16(3)30-28(31)38-23/h1,8-11,13-15,25H,7,12H2,2-5H3/b23-14-/t25-/m1/s1. The molecule has 8 nitrogen and oxygen atoms in total. The minimum atomic E-state index is -0.733. The van der Waals surface area contributed by atoms with Gasteiger partial charge in [-0.1, -0.05) is 29.4 Å². The molecule has 0 fully saturated rings. The van der Waals surface area contributed by atoms with Crippen LogP contribution < -0.4 is 29.1 Å². The van der Waals surface area contributed by atoms with Crippen LogP contribution in [-0.2, 0) is 9.53 Å². The maximum Gasteiger partial charge on any atom is 0.338 e. The van der Waals surface area contributed by atoms with Gasteiger partial charge in [0.25, 0.3) is 5.56 Å². The second-order valence-corrected chi connectivity index (χ2v) is 9.96. The Bertz CT molecular complexity index is 1650. The van der Waals surface area contributed by atoms with Gasteiger partial charge in [0.05, 0.1) is 47.1 Å². The highest BCUT2D eigenvalue weighted by atomic mass is 79.9. The van der Waals surface area contributed by atoms with Crippen LogP contribution in [0.15, 0.2) is 61.9 Å². The van der Waals surface area contributed by atoms with Gasteiger partial charge in [-0.2, -0.15) is 0 Å². The summed E-state index contributed by atoms with van der Waals surface area (Å²) in [6, 6.07) is 10.0. The second-order valence-electron chi connectivity index (χ2n) is 8.10. The van der Waals surface area contributed by atoms with E-state index in [-0.39, 0.29) is 18.8 Å². The lowest BCUT2D eigenvalue weighted by molar-refractivity contribution is -0.139. The number of methoxy groups -OCH3 is 2. The van der Waals surface area contributed by atoms with Gasteiger partial charge < -0.3 is 18.9 Å². The number of rotatable bonds is 8. The molecular weight excluding hydrogens is 572 g/mol. The summed E-state index contributed by atoms with van der Waals surface area (Å²) < 4.78 is 24.3. The van der Waals surface area contributed by atoms with E-state index in [1.54, 1.807) is 51.3 Å². The van der Waals surface area contributed by atoms with Gasteiger partial charge in [-0.15, -0.1) is 6.42 Å². The van der Waals surface area contributed by atoms with E-state index in [0.717, 1.165) is 5.56 Å². The number of hydrogen-bond acceptors (Lipinski definition) is 8. The number of allylic oxidation sites excluding steroid dienone is 1. The van der Waals surface area contributed by atoms with Gasteiger partial charge >= 0.3 is 5.97 Å². The first-order valence-corrected chi connectivity index (χ1v) is 13.2. The summed E-state index contributed by atoms with van der Waals surface area (Å²) in [5.74, 6) is 3.52. The zero-order valence-electron chi connectivity index (χ0n) is 21.2. The molecule has 0 N–H and O–H groups in total. The number of carbonyl (C=O) groups is 1. The number of ether oxygens (including phenoxy) is 4. The van der Waals surface area contributed by atoms with E-state index in [0.29, 0.717) is 47.9 Å². The number of carbonyl (C=O) groups excluding carboxylic acids is 1. The van der Waals surface area contributed by atoms with Crippen molar-refractivity contribution in [2.45, 2.75) is 19.9 Å². The fourth-order valence-corrected chi connectivity index (χ4v) is 5.73. The molecule has 4 rings (SSSR count). The molecule has 1 aromatic heterocycles. The van der Waals surface area contributed by atoms with Crippen molar-refractivity contribution in [2.24, 2.45) is 4.99 Å². The third-order valence-electron chi connectivity index (χ3n) is 5.81. The Morgan fingerprint density at radius 2 is 1.92 bits per heavy atom. The summed E-state index contributed by atoms with van der Waals surface area (Å²) in [5, 5.41) is 0. The van der Waals surface area contributed by atoms with Crippen LogP contribution in [-0.4, -0.2) is 38.0 Å². The number of terminal acetylenes is 1. The SMILES string of the molecule is C#CCOc1ccc(/C=c2\sc3n(c2=O)[C@H](c2ccc(OC)c(Br)c2)C(C(=O)OCC)=C(C)N=3)cc1OC. The number of esters is 1. The van der Waals surface area contributed by atoms with E-state index >= 15 is 0 Å². The Morgan fingerprint density at radius 3 is 2.58 bits per heavy atom. The highest BCUT2D eigenvalue weighted by molar-refractivity contribution is 9.10. The Hall–Kier alpha value is -3.81. The summed E-state index contributed by atoms with van der Waals surface area (Å²) in [5.41, 5.74) is 1.95. The fraction of sp³-hybridized carbons (Fsp3) is 0.250. The first kappa shape index (κ1) is 27.2. The van der Waals surface area contributed by atoms with Crippen LogP contribution in [0, 0.1) is 12.3 Å². The molecule has 0 aliphatic carbocycles. The predicted octanol–water partition coefficient (Wildman–Crippen LogP) is 3.59. The van der Waals surface area contributed by atoms with Crippen LogP contribution >= 0.6 is 27.3 Å². The van der Waals surface area contributed by atoms with Gasteiger partial charge in [0, 0.05) is 0 Å². The van der Waals surface area contributed by atoms with Crippen molar-refractivity contribution in [3.05, 3.63) is 83.0 Å². The van der Waals surface area contributed by atoms with Crippen LogP contribution in [0.5, 0.6) is 17.2 Å². The van der Waals surface area contributed by atoms with Crippen molar-refractivity contribution in [3.63, 3.8) is 0 Å². The van der Waals surface area contributed by atoms with E-state index < -0.39 is 12.0 Å². The molecule has 0 amide bonds. The Labute approximate surface area is 232 Å². The van der Waals surface area contributed by atoms with Gasteiger partial charge in [-0.3, -0.25) is 9.36 Å². The lowest BCUT2D eigenvalue weighted by Gasteiger charge is -2.25. The van der Waals surface area contributed by atoms with Crippen LogP contribution in [0.3, 0.4) is 0 Å². The molecular formula is C28H25BrN2O6S. The topological polar surface area (TPSA) is 88.4 Å². The van der Waals surface area contributed by atoms with Gasteiger partial charge in [0.1, 0.15) is 12.4 Å². The number of halogens is 1. The van der Waals surface area contributed by atoms with E-state index in [9.17, 15) is 9.59 Å². The molecule has 0 saturated heterocycles. The first-order valence-electron chi connectivity index (χ1n) is 11.6. The minimum absolute atomic E-state index is 0.109. The van der Waals surface area contributed by atoms with Crippen LogP contribution in [0.1, 0.15) is 31.0 Å². The summed E-state index contributed by atoms with van der Waals surface area (Å²) >= 11 is 4.75. The van der Waals surface area contributed by atoms with Crippen molar-refractivity contribution >= 4 is 39.3 Å². The number of fused-ring (bicyclic) bond motifs is 1. The third-order valence-corrected chi connectivity index (χ3v) is 7.41. The third kappa shape index (κ3) is 5.26. The molecule has 0 saturated carbocycles. The summed E-state index contributed by atoms with van der Waals surface area (Å²) in [6.45, 7) is 3.79. The maximum atomic E-state index is 13.8. The zero-order valence-corrected chi connectivity index (χ0v) is 23.6. The van der Waals surface area contributed by atoms with Crippen molar-refractivity contribution in [1.29, 1.82) is 0 Å². The maximum absolute atomic E-state index is 13.8. The van der Waals surface area contributed by atoms with E-state index in [4.69, 9.17) is 25.4 Å². The van der Waals surface area contributed by atoms with Gasteiger partial charge in [-0.25, -0.2) is 9.79 Å². The largest absolute Gasteiger partial charge is 0.496 e. The molecule has 196 valence electrons. The fourth-order valence-electron chi connectivity index (χ4n) is 4.12. The Balaban J connectivity index is 1.89. The molecule has 0 unspecified atom stereocenters. The molecule has 1 aliphatic heterocycles. The summed E-state index contributed by atoms with van der Waals surface area (Å²) in [7, 11) is 3.10. The average molecular weight is 597 g/mol. The smallest absolute Gasteiger partial charge is 0.338 e. The lowest BCUT2D eigenvalue weighted by Crippen LogP contribution is -2.39. The van der Waals surface area contributed by atoms with Crippen molar-refractivity contribution < 1.29 is 23.7 Å². The number of benzene rings is 2. The number of thiazole rings is 1. The molecule has 2 aromatic carbocycles. The van der Waals surface area contributed by atoms with Crippen molar-refractivity contribution in [2.75, 3.05) is 27.4 Å². The normalized spacial score (nSPS) is 14.8. The molecule has 0 spiro atoms. The van der Waals surface area contributed by atoms with Gasteiger partial charge in [0.15, 0.2) is 16.3 Å². The van der Waals surface area contributed by atoms with Crippen molar-refractivity contribution in [1.82, 2.24) is 4.57 Å². The first-order chi connectivity index (χ1) is 18.3. The Kier molecular flexibility index (Phi) is 8.39. The van der Waals surface area contributed by atoms with Crippen molar-refractivity contribution in [3.8, 4) is 29.6 Å².